The summed E-state index contributed by atoms with van der Waals surface area (Å²) in [5, 5.41) is 4.90. The predicted octanol–water partition coefficient (Wildman–Crippen LogP) is 5.24. The van der Waals surface area contributed by atoms with Gasteiger partial charge in [0.25, 0.3) is 5.91 Å². The van der Waals surface area contributed by atoms with Crippen molar-refractivity contribution >= 4 is 41.0 Å². The van der Waals surface area contributed by atoms with Crippen molar-refractivity contribution in [1.82, 2.24) is 5.43 Å². The second-order valence-corrected chi connectivity index (χ2v) is 8.80. The highest BCUT2D eigenvalue weighted by Crippen LogP contribution is 2.42. The molecular formula is C22H25Cl2N3O2. The fraction of sp³-hybridized carbons (Fsp3) is 0.364. The summed E-state index contributed by atoms with van der Waals surface area (Å²) in [5.74, 6) is 0.475. The van der Waals surface area contributed by atoms with Gasteiger partial charge in [-0.1, -0.05) is 36.2 Å². The smallest absolute Gasteiger partial charge is 0.277 e. The lowest BCUT2D eigenvalue weighted by Crippen LogP contribution is -2.45. The van der Waals surface area contributed by atoms with E-state index in [0.717, 1.165) is 12.0 Å². The number of nitrogens with zero attached hydrogens (tertiary/aromatic N) is 2. The summed E-state index contributed by atoms with van der Waals surface area (Å²) in [5.41, 5.74) is 6.07. The van der Waals surface area contributed by atoms with Gasteiger partial charge in [-0.25, -0.2) is 5.43 Å². The maximum absolute atomic E-state index is 12.0. The first-order valence-electron chi connectivity index (χ1n) is 9.45. The number of carbonyl (C=O) groups is 1. The number of ether oxygens (including phenoxy) is 1. The minimum absolute atomic E-state index is 0.128. The van der Waals surface area contributed by atoms with Crippen LogP contribution in [-0.2, 0) is 4.79 Å². The van der Waals surface area contributed by atoms with Crippen LogP contribution in [0.1, 0.15) is 44.2 Å². The quantitative estimate of drug-likeness (QED) is 0.517. The first-order valence-corrected chi connectivity index (χ1v) is 10.2. The monoisotopic (exact) mass is 433 g/mol. The number of benzene rings is 2. The fourth-order valence-electron chi connectivity index (χ4n) is 3.62. The van der Waals surface area contributed by atoms with Crippen LogP contribution in [-0.4, -0.2) is 31.3 Å². The maximum atomic E-state index is 12.0. The van der Waals surface area contributed by atoms with E-state index in [4.69, 9.17) is 27.9 Å². The third-order valence-electron chi connectivity index (χ3n) is 5.31. The summed E-state index contributed by atoms with van der Waals surface area (Å²) < 4.78 is 5.39. The zero-order valence-electron chi connectivity index (χ0n) is 17.0. The number of nitrogens with one attached hydrogen (secondary N) is 1. The van der Waals surface area contributed by atoms with Crippen LogP contribution in [0, 0.1) is 0 Å². The third kappa shape index (κ3) is 5.03. The van der Waals surface area contributed by atoms with E-state index in [9.17, 15) is 4.79 Å². The molecule has 1 atom stereocenters. The third-order valence-corrected chi connectivity index (χ3v) is 5.84. The van der Waals surface area contributed by atoms with Crippen molar-refractivity contribution in [2.45, 2.75) is 38.6 Å². The molecule has 1 N–H and O–H groups in total. The fourth-order valence-corrected chi connectivity index (χ4v) is 4.09. The topological polar surface area (TPSA) is 53.9 Å². The molecule has 2 aromatic carbocycles. The molecule has 0 spiro atoms. The van der Waals surface area contributed by atoms with Crippen molar-refractivity contribution < 1.29 is 9.53 Å². The van der Waals surface area contributed by atoms with Crippen LogP contribution in [0.15, 0.2) is 41.5 Å². The maximum Gasteiger partial charge on any atom is 0.277 e. The molecule has 5 nitrogen and oxygen atoms in total. The van der Waals surface area contributed by atoms with E-state index in [1.54, 1.807) is 24.4 Å². The lowest BCUT2D eigenvalue weighted by atomic mass is 9.80. The van der Waals surface area contributed by atoms with Gasteiger partial charge in [0.2, 0.25) is 0 Å². The van der Waals surface area contributed by atoms with E-state index in [0.29, 0.717) is 21.7 Å². The Morgan fingerprint density at radius 2 is 2.07 bits per heavy atom. The number of fused-ring (bicyclic) bond motifs is 1. The average Bonchev–Trinajstić information content (AvgIpc) is 2.65. The normalized spacial score (nSPS) is 17.9. The number of hydrazone groups is 1. The Morgan fingerprint density at radius 1 is 1.31 bits per heavy atom. The summed E-state index contributed by atoms with van der Waals surface area (Å²) >= 11 is 11.9. The van der Waals surface area contributed by atoms with Gasteiger partial charge in [0, 0.05) is 23.3 Å². The van der Waals surface area contributed by atoms with Crippen molar-refractivity contribution in [3.8, 4) is 5.75 Å². The molecule has 29 heavy (non-hydrogen) atoms. The molecule has 3 rings (SSSR count). The lowest BCUT2D eigenvalue weighted by Gasteiger charge is -2.45. The molecule has 7 heteroatoms. The Balaban J connectivity index is 1.59. The van der Waals surface area contributed by atoms with E-state index in [1.165, 1.54) is 11.3 Å². The minimum Gasteiger partial charge on any atom is -0.482 e. The van der Waals surface area contributed by atoms with Crippen LogP contribution in [0.4, 0.5) is 5.69 Å². The molecule has 0 saturated heterocycles. The van der Waals surface area contributed by atoms with Gasteiger partial charge in [-0.2, -0.15) is 5.10 Å². The Bertz CT molecular complexity index is 944. The zero-order chi connectivity index (χ0) is 21.2. The summed E-state index contributed by atoms with van der Waals surface area (Å²) in [6.45, 7) is 6.57. The molecule has 0 aromatic heterocycles. The van der Waals surface area contributed by atoms with E-state index in [2.05, 4.69) is 55.4 Å². The van der Waals surface area contributed by atoms with Gasteiger partial charge in [-0.05, 0) is 67.6 Å². The average molecular weight is 434 g/mol. The highest BCUT2D eigenvalue weighted by Gasteiger charge is 2.33. The van der Waals surface area contributed by atoms with Crippen LogP contribution in [0.3, 0.4) is 0 Å². The van der Waals surface area contributed by atoms with Gasteiger partial charge < -0.3 is 9.64 Å². The van der Waals surface area contributed by atoms with Gasteiger partial charge in [0.05, 0.1) is 11.2 Å². The summed E-state index contributed by atoms with van der Waals surface area (Å²) in [6.07, 6.45) is 2.72. The Morgan fingerprint density at radius 3 is 2.79 bits per heavy atom. The van der Waals surface area contributed by atoms with Crippen molar-refractivity contribution in [3.63, 3.8) is 0 Å². The molecule has 0 fully saturated rings. The van der Waals surface area contributed by atoms with Gasteiger partial charge in [-0.3, -0.25) is 4.79 Å². The van der Waals surface area contributed by atoms with Crippen LogP contribution in [0.25, 0.3) is 0 Å². The second-order valence-electron chi connectivity index (χ2n) is 7.95. The van der Waals surface area contributed by atoms with Crippen LogP contribution >= 0.6 is 23.2 Å². The standard InChI is InChI=1S/C22H25Cl2N3O2/c1-14-11-22(2,3)27(4)19-7-5-15(9-17(14)19)12-25-26-21(28)13-29-20-8-6-16(23)10-18(20)24/h5-10,12,14H,11,13H2,1-4H3,(H,26,28)/b25-12+/t14-/m0/s1. The summed E-state index contributed by atoms with van der Waals surface area (Å²) in [7, 11) is 2.13. The zero-order valence-corrected chi connectivity index (χ0v) is 18.5. The van der Waals surface area contributed by atoms with Gasteiger partial charge >= 0.3 is 0 Å². The van der Waals surface area contributed by atoms with E-state index < -0.39 is 0 Å². The van der Waals surface area contributed by atoms with Crippen molar-refractivity contribution in [3.05, 3.63) is 57.6 Å². The molecular weight excluding hydrogens is 409 g/mol. The molecule has 2 aromatic rings. The molecule has 1 aliphatic heterocycles. The predicted molar refractivity (Wildman–Crippen MR) is 120 cm³/mol. The Labute approximate surface area is 181 Å². The molecule has 0 aliphatic carbocycles. The van der Waals surface area contributed by atoms with Crippen molar-refractivity contribution in [2.24, 2.45) is 5.10 Å². The van der Waals surface area contributed by atoms with Crippen LogP contribution in [0.2, 0.25) is 10.0 Å². The molecule has 0 bridgehead atoms. The number of hydrogen-bond acceptors (Lipinski definition) is 4. The van der Waals surface area contributed by atoms with Gasteiger partial charge in [0.15, 0.2) is 6.61 Å². The van der Waals surface area contributed by atoms with Crippen molar-refractivity contribution in [1.29, 1.82) is 0 Å². The second kappa shape index (κ2) is 8.64. The van der Waals surface area contributed by atoms with E-state index in [-0.39, 0.29) is 18.1 Å². The van der Waals surface area contributed by atoms with E-state index >= 15 is 0 Å². The number of hydrogen-bond donors (Lipinski definition) is 1. The Kier molecular flexibility index (Phi) is 6.39. The van der Waals surface area contributed by atoms with Gasteiger partial charge in [-0.15, -0.1) is 0 Å². The molecule has 0 radical (unpaired) electrons. The molecule has 0 saturated carbocycles. The number of anilines is 1. The number of rotatable bonds is 5. The summed E-state index contributed by atoms with van der Waals surface area (Å²) in [6, 6.07) is 11.1. The number of amides is 1. The number of carbonyl (C=O) groups excluding carboxylic acids is 1. The minimum atomic E-state index is -0.375. The highest BCUT2D eigenvalue weighted by molar-refractivity contribution is 6.35. The molecule has 1 aliphatic rings. The summed E-state index contributed by atoms with van der Waals surface area (Å²) in [4.78, 5) is 14.3. The van der Waals surface area contributed by atoms with Crippen LogP contribution < -0.4 is 15.1 Å². The van der Waals surface area contributed by atoms with Crippen LogP contribution in [0.5, 0.6) is 5.75 Å². The molecule has 1 amide bonds. The molecule has 154 valence electrons. The van der Waals surface area contributed by atoms with E-state index in [1.807, 2.05) is 6.07 Å². The molecule has 0 unspecified atom stereocenters. The SMILES string of the molecule is C[C@H]1CC(C)(C)N(C)c2ccc(/C=N/NC(=O)COc3ccc(Cl)cc3Cl)cc21. The lowest BCUT2D eigenvalue weighted by molar-refractivity contribution is -0.123. The van der Waals surface area contributed by atoms with Gasteiger partial charge in [0.1, 0.15) is 5.75 Å². The first-order chi connectivity index (χ1) is 13.7. The largest absolute Gasteiger partial charge is 0.482 e. The molecule has 1 heterocycles. The Hall–Kier alpha value is -2.24. The van der Waals surface area contributed by atoms with Crippen molar-refractivity contribution in [2.75, 3.05) is 18.6 Å². The number of halogens is 2. The first kappa shape index (κ1) is 21.5. The highest BCUT2D eigenvalue weighted by atomic mass is 35.5.